The summed E-state index contributed by atoms with van der Waals surface area (Å²) in [6.45, 7) is 0. The fourth-order valence-corrected chi connectivity index (χ4v) is 1.59. The summed E-state index contributed by atoms with van der Waals surface area (Å²) < 4.78 is 13.0. The molecule has 1 aromatic heterocycles. The van der Waals surface area contributed by atoms with Crippen LogP contribution in [0.2, 0.25) is 5.02 Å². The highest BCUT2D eigenvalue weighted by Gasteiger charge is 2.09. The fourth-order valence-electron chi connectivity index (χ4n) is 1.46. The number of nitrogens with zero attached hydrogens (tertiary/aromatic N) is 1. The highest BCUT2D eigenvalue weighted by Crippen LogP contribution is 2.20. The molecule has 1 aromatic carbocycles. The second kappa shape index (κ2) is 4.60. The number of aromatic nitrogens is 1. The van der Waals surface area contributed by atoms with E-state index in [2.05, 4.69) is 4.98 Å². The Morgan fingerprint density at radius 3 is 2.44 bits per heavy atom. The van der Waals surface area contributed by atoms with Gasteiger partial charge in [-0.15, -0.1) is 0 Å². The molecule has 0 spiro atoms. The van der Waals surface area contributed by atoms with Crippen LogP contribution in [0.25, 0.3) is 0 Å². The lowest BCUT2D eigenvalue weighted by atomic mass is 10.0. The average Bonchev–Trinajstić information content (AvgIpc) is 2.29. The molecule has 0 aliphatic carbocycles. The Morgan fingerprint density at radius 1 is 1.12 bits per heavy atom. The Labute approximate surface area is 97.9 Å². The van der Waals surface area contributed by atoms with Crippen LogP contribution in [-0.2, 0) is 0 Å². The van der Waals surface area contributed by atoms with Gasteiger partial charge in [0.15, 0.2) is 0 Å². The van der Waals surface area contributed by atoms with Gasteiger partial charge in [0.1, 0.15) is 5.82 Å². The third-order valence-electron chi connectivity index (χ3n) is 2.31. The summed E-state index contributed by atoms with van der Waals surface area (Å²) in [4.78, 5) is 3.77. The van der Waals surface area contributed by atoms with Crippen LogP contribution in [0.5, 0.6) is 0 Å². The SMILES string of the molecule is NC(c1ccc(Cl)cc1)c1cncc(F)c1. The Balaban J connectivity index is 2.31. The van der Waals surface area contributed by atoms with Gasteiger partial charge in [-0.25, -0.2) is 4.39 Å². The van der Waals surface area contributed by atoms with Crippen LogP contribution in [0, 0.1) is 5.82 Å². The molecular formula is C12H10ClFN2. The smallest absolute Gasteiger partial charge is 0.141 e. The zero-order valence-corrected chi connectivity index (χ0v) is 9.16. The lowest BCUT2D eigenvalue weighted by Gasteiger charge is -2.11. The number of nitrogens with two attached hydrogens (primary N) is 1. The minimum atomic E-state index is -0.388. The molecule has 2 N–H and O–H groups in total. The van der Waals surface area contributed by atoms with E-state index in [9.17, 15) is 4.39 Å². The van der Waals surface area contributed by atoms with E-state index in [1.807, 2.05) is 12.1 Å². The standard InChI is InChI=1S/C12H10ClFN2/c13-10-3-1-8(2-4-10)12(15)9-5-11(14)7-16-6-9/h1-7,12H,15H2. The Hall–Kier alpha value is -1.45. The Morgan fingerprint density at radius 2 is 1.81 bits per heavy atom. The molecule has 1 unspecified atom stereocenters. The number of halogens is 2. The van der Waals surface area contributed by atoms with Gasteiger partial charge in [-0.05, 0) is 29.3 Å². The van der Waals surface area contributed by atoms with Gasteiger partial charge in [0.2, 0.25) is 0 Å². The first kappa shape index (κ1) is 11.0. The van der Waals surface area contributed by atoms with Gasteiger partial charge in [-0.1, -0.05) is 23.7 Å². The van der Waals surface area contributed by atoms with E-state index >= 15 is 0 Å². The van der Waals surface area contributed by atoms with Gasteiger partial charge in [0, 0.05) is 11.2 Å². The van der Waals surface area contributed by atoms with Gasteiger partial charge in [-0.2, -0.15) is 0 Å². The largest absolute Gasteiger partial charge is 0.320 e. The van der Waals surface area contributed by atoms with Gasteiger partial charge >= 0.3 is 0 Å². The first-order valence-electron chi connectivity index (χ1n) is 4.78. The van der Waals surface area contributed by atoms with Crippen LogP contribution in [0.4, 0.5) is 4.39 Å². The fraction of sp³-hybridized carbons (Fsp3) is 0.0833. The van der Waals surface area contributed by atoms with Gasteiger partial charge in [-0.3, -0.25) is 4.98 Å². The van der Waals surface area contributed by atoms with Crippen molar-refractivity contribution in [1.82, 2.24) is 4.98 Å². The van der Waals surface area contributed by atoms with E-state index in [1.165, 1.54) is 6.07 Å². The van der Waals surface area contributed by atoms with Crippen LogP contribution >= 0.6 is 11.6 Å². The van der Waals surface area contributed by atoms with Crippen molar-refractivity contribution in [3.05, 3.63) is 64.7 Å². The minimum Gasteiger partial charge on any atom is -0.320 e. The second-order valence-corrected chi connectivity index (χ2v) is 3.90. The monoisotopic (exact) mass is 236 g/mol. The van der Waals surface area contributed by atoms with Crippen LogP contribution in [0.1, 0.15) is 17.2 Å². The van der Waals surface area contributed by atoms with Gasteiger partial charge in [0.25, 0.3) is 0 Å². The molecule has 82 valence electrons. The molecule has 1 atom stereocenters. The van der Waals surface area contributed by atoms with E-state index in [4.69, 9.17) is 17.3 Å². The highest BCUT2D eigenvalue weighted by molar-refractivity contribution is 6.30. The number of hydrogen-bond acceptors (Lipinski definition) is 2. The molecule has 0 saturated carbocycles. The van der Waals surface area contributed by atoms with Crippen molar-refractivity contribution in [2.45, 2.75) is 6.04 Å². The van der Waals surface area contributed by atoms with Crippen molar-refractivity contribution >= 4 is 11.6 Å². The van der Waals surface area contributed by atoms with Crippen molar-refractivity contribution in [2.75, 3.05) is 0 Å². The van der Waals surface area contributed by atoms with Crippen LogP contribution in [-0.4, -0.2) is 4.98 Å². The van der Waals surface area contributed by atoms with Crippen molar-refractivity contribution in [2.24, 2.45) is 5.73 Å². The molecule has 0 fully saturated rings. The summed E-state index contributed by atoms with van der Waals surface area (Å²) in [6, 6.07) is 8.13. The lowest BCUT2D eigenvalue weighted by molar-refractivity contribution is 0.616. The third kappa shape index (κ3) is 2.38. The second-order valence-electron chi connectivity index (χ2n) is 3.47. The first-order valence-corrected chi connectivity index (χ1v) is 5.16. The summed E-state index contributed by atoms with van der Waals surface area (Å²) in [5, 5.41) is 0.647. The van der Waals surface area contributed by atoms with E-state index in [1.54, 1.807) is 18.3 Å². The Bertz CT molecular complexity index is 485. The summed E-state index contributed by atoms with van der Waals surface area (Å²) >= 11 is 5.77. The maximum absolute atomic E-state index is 13.0. The molecule has 16 heavy (non-hydrogen) atoms. The number of hydrogen-bond donors (Lipinski definition) is 1. The number of pyridine rings is 1. The van der Waals surface area contributed by atoms with Crippen LogP contribution < -0.4 is 5.73 Å². The van der Waals surface area contributed by atoms with Crippen molar-refractivity contribution in [3.8, 4) is 0 Å². The van der Waals surface area contributed by atoms with E-state index in [0.717, 1.165) is 11.8 Å². The third-order valence-corrected chi connectivity index (χ3v) is 2.57. The first-order chi connectivity index (χ1) is 7.66. The van der Waals surface area contributed by atoms with Crippen LogP contribution in [0.3, 0.4) is 0 Å². The lowest BCUT2D eigenvalue weighted by Crippen LogP contribution is -2.12. The zero-order chi connectivity index (χ0) is 11.5. The predicted octanol–water partition coefficient (Wildman–Crippen LogP) is 2.92. The quantitative estimate of drug-likeness (QED) is 0.871. The molecule has 4 heteroatoms. The molecular weight excluding hydrogens is 227 g/mol. The van der Waals surface area contributed by atoms with Crippen molar-refractivity contribution in [3.63, 3.8) is 0 Å². The molecule has 0 bridgehead atoms. The number of benzene rings is 1. The zero-order valence-electron chi connectivity index (χ0n) is 8.40. The van der Waals surface area contributed by atoms with Crippen LogP contribution in [0.15, 0.2) is 42.7 Å². The summed E-state index contributed by atoms with van der Waals surface area (Å²) in [7, 11) is 0. The van der Waals surface area contributed by atoms with Gasteiger partial charge < -0.3 is 5.73 Å². The predicted molar refractivity (Wildman–Crippen MR) is 61.7 cm³/mol. The topological polar surface area (TPSA) is 38.9 Å². The molecule has 2 aromatic rings. The maximum Gasteiger partial charge on any atom is 0.141 e. The Kier molecular flexibility index (Phi) is 3.17. The molecule has 1 heterocycles. The summed E-state index contributed by atoms with van der Waals surface area (Å²) in [5.74, 6) is -0.387. The normalized spacial score (nSPS) is 12.4. The molecule has 0 aliphatic heterocycles. The summed E-state index contributed by atoms with van der Waals surface area (Å²) in [6.07, 6.45) is 2.71. The van der Waals surface area contributed by atoms with Crippen molar-refractivity contribution < 1.29 is 4.39 Å². The van der Waals surface area contributed by atoms with Gasteiger partial charge in [0.05, 0.1) is 12.2 Å². The summed E-state index contributed by atoms with van der Waals surface area (Å²) in [5.41, 5.74) is 7.50. The van der Waals surface area contributed by atoms with E-state index in [-0.39, 0.29) is 11.9 Å². The molecule has 0 amide bonds. The number of rotatable bonds is 2. The minimum absolute atomic E-state index is 0.387. The molecule has 0 aliphatic rings. The van der Waals surface area contributed by atoms with E-state index in [0.29, 0.717) is 10.6 Å². The van der Waals surface area contributed by atoms with Crippen molar-refractivity contribution in [1.29, 1.82) is 0 Å². The highest BCUT2D eigenvalue weighted by atomic mass is 35.5. The molecule has 0 saturated heterocycles. The molecule has 2 rings (SSSR count). The molecule has 0 radical (unpaired) electrons. The maximum atomic E-state index is 13.0. The average molecular weight is 237 g/mol. The van der Waals surface area contributed by atoms with E-state index < -0.39 is 0 Å². The molecule has 2 nitrogen and oxygen atoms in total.